The number of nitrogens with one attached hydrogen (secondary N) is 2. The number of amides is 3. The number of carbonyl (C=O) groups is 4. The van der Waals surface area contributed by atoms with Crippen molar-refractivity contribution in [3.63, 3.8) is 0 Å². The van der Waals surface area contributed by atoms with E-state index in [9.17, 15) is 23.6 Å². The van der Waals surface area contributed by atoms with Crippen molar-refractivity contribution >= 4 is 40.5 Å². The van der Waals surface area contributed by atoms with Crippen LogP contribution in [-0.4, -0.2) is 79.5 Å². The summed E-state index contributed by atoms with van der Waals surface area (Å²) in [5.41, 5.74) is 0.384. The van der Waals surface area contributed by atoms with E-state index in [2.05, 4.69) is 10.6 Å². The Hall–Kier alpha value is -3.67. The molecule has 2 saturated carbocycles. The van der Waals surface area contributed by atoms with Crippen LogP contribution in [0.2, 0.25) is 0 Å². The Kier molecular flexibility index (Phi) is 14.0. The van der Waals surface area contributed by atoms with Gasteiger partial charge in [0.05, 0.1) is 12.6 Å². The van der Waals surface area contributed by atoms with Crippen molar-refractivity contribution in [1.29, 1.82) is 0 Å². The molecular weight excluding hydrogens is 669 g/mol. The molecule has 0 unspecified atom stereocenters. The molecule has 1 aromatic carbocycles. The van der Waals surface area contributed by atoms with Crippen molar-refractivity contribution < 1.29 is 42.2 Å². The van der Waals surface area contributed by atoms with Gasteiger partial charge in [0.25, 0.3) is 0 Å². The lowest BCUT2D eigenvalue weighted by Gasteiger charge is -2.37. The Labute approximate surface area is 307 Å². The van der Waals surface area contributed by atoms with Crippen LogP contribution in [0.25, 0.3) is 11.0 Å². The summed E-state index contributed by atoms with van der Waals surface area (Å²) in [6.45, 7) is 8.61. The van der Waals surface area contributed by atoms with Crippen molar-refractivity contribution in [3.05, 3.63) is 30.0 Å². The van der Waals surface area contributed by atoms with Crippen LogP contribution in [0, 0.1) is 23.7 Å². The fourth-order valence-electron chi connectivity index (χ4n) is 8.32. The zero-order chi connectivity index (χ0) is 37.3. The first-order valence-electron chi connectivity index (χ1n) is 19.4. The summed E-state index contributed by atoms with van der Waals surface area (Å²) in [6, 6.07) is 5.61. The van der Waals surface area contributed by atoms with E-state index >= 15 is 0 Å². The number of furan rings is 1. The van der Waals surface area contributed by atoms with Crippen molar-refractivity contribution in [3.8, 4) is 0 Å². The molecule has 1 saturated heterocycles. The third kappa shape index (κ3) is 10.5. The van der Waals surface area contributed by atoms with Gasteiger partial charge in [-0.25, -0.2) is 14.0 Å². The molecule has 2 heterocycles. The molecule has 2 aliphatic carbocycles. The van der Waals surface area contributed by atoms with Gasteiger partial charge in [0.1, 0.15) is 23.9 Å². The van der Waals surface area contributed by atoms with E-state index in [4.69, 9.17) is 18.6 Å². The topological polar surface area (TPSA) is 136 Å². The van der Waals surface area contributed by atoms with E-state index < -0.39 is 36.4 Å². The van der Waals surface area contributed by atoms with Crippen LogP contribution in [-0.2, 0) is 23.8 Å². The number of hydrogen-bond donors (Lipinski definition) is 2. The number of anilines is 1. The van der Waals surface area contributed by atoms with Crippen LogP contribution in [0.3, 0.4) is 0 Å². The molecule has 3 atom stereocenters. The van der Waals surface area contributed by atoms with Crippen LogP contribution >= 0.6 is 0 Å². The van der Waals surface area contributed by atoms with Gasteiger partial charge in [0, 0.05) is 36.8 Å². The molecule has 3 amide bonds. The smallest absolute Gasteiger partial charge is 0.407 e. The lowest BCUT2D eigenvalue weighted by Crippen LogP contribution is -2.50. The third-order valence-corrected chi connectivity index (χ3v) is 10.9. The van der Waals surface area contributed by atoms with Gasteiger partial charge < -0.3 is 34.2 Å². The van der Waals surface area contributed by atoms with Gasteiger partial charge in [-0.1, -0.05) is 32.1 Å². The van der Waals surface area contributed by atoms with Gasteiger partial charge in [-0.2, -0.15) is 0 Å². The summed E-state index contributed by atoms with van der Waals surface area (Å²) < 4.78 is 35.9. The number of rotatable bonds is 14. The molecule has 1 aromatic heterocycles. The van der Waals surface area contributed by atoms with Crippen LogP contribution in [0.4, 0.5) is 14.9 Å². The minimum Gasteiger partial charge on any atom is -0.460 e. The molecule has 5 rings (SSSR count). The fourth-order valence-corrected chi connectivity index (χ4v) is 8.32. The zero-order valence-electron chi connectivity index (χ0n) is 31.4. The first-order valence-corrected chi connectivity index (χ1v) is 19.4. The monoisotopic (exact) mass is 727 g/mol. The van der Waals surface area contributed by atoms with Crippen LogP contribution in [0.5, 0.6) is 0 Å². The molecule has 0 radical (unpaired) electrons. The van der Waals surface area contributed by atoms with Crippen LogP contribution in [0.1, 0.15) is 115 Å². The molecule has 52 heavy (non-hydrogen) atoms. The summed E-state index contributed by atoms with van der Waals surface area (Å²) in [6.07, 6.45) is 9.58. The highest BCUT2D eigenvalue weighted by Crippen LogP contribution is 2.41. The molecule has 3 fully saturated rings. The van der Waals surface area contributed by atoms with E-state index in [1.54, 1.807) is 45.0 Å². The van der Waals surface area contributed by atoms with E-state index in [0.29, 0.717) is 74.4 Å². The van der Waals surface area contributed by atoms with Crippen molar-refractivity contribution in [2.45, 2.75) is 122 Å². The summed E-state index contributed by atoms with van der Waals surface area (Å²) in [5, 5.41) is 6.45. The van der Waals surface area contributed by atoms with Crippen LogP contribution in [0.15, 0.2) is 28.7 Å². The quantitative estimate of drug-likeness (QED) is 0.149. The average molecular weight is 728 g/mol. The summed E-state index contributed by atoms with van der Waals surface area (Å²) in [5.74, 6) is -0.565. The number of halogens is 1. The third-order valence-electron chi connectivity index (χ3n) is 10.9. The second-order valence-electron chi connectivity index (χ2n) is 15.7. The molecule has 12 heteroatoms. The zero-order valence-corrected chi connectivity index (χ0v) is 31.4. The molecule has 2 N–H and O–H groups in total. The molecule has 3 aliphatic rings. The molecule has 288 valence electrons. The van der Waals surface area contributed by atoms with Gasteiger partial charge in [-0.15, -0.1) is 0 Å². The van der Waals surface area contributed by atoms with Gasteiger partial charge in [0.15, 0.2) is 0 Å². The maximum absolute atomic E-state index is 14.2. The maximum atomic E-state index is 14.2. The second kappa shape index (κ2) is 18.4. The lowest BCUT2D eigenvalue weighted by atomic mass is 9.76. The maximum Gasteiger partial charge on any atom is 0.407 e. The standard InChI is InChI=1S/C40H58FN3O8/c1-5-49-21-9-10-22-50-38(47)34-24-29-23-30(17-18-33(29)51-34)42-36(45)35-31(26-11-7-6-8-12-26)19-20-44(35)37(46)28-15-13-27(14-16-28)32(25-41)43-39(48)52-40(2,3)4/h17-18,23-24,26-28,31-32,35H,5-16,19-22,25H2,1-4H3,(H,42,45)(H,43,48)/t27?,28?,31-,32+,35+/m0/s1. The van der Waals surface area contributed by atoms with Gasteiger partial charge in [-0.3, -0.25) is 9.59 Å². The van der Waals surface area contributed by atoms with Gasteiger partial charge in [0.2, 0.25) is 17.6 Å². The first-order chi connectivity index (χ1) is 25.0. The van der Waals surface area contributed by atoms with Crippen molar-refractivity contribution in [2.75, 3.05) is 38.4 Å². The largest absolute Gasteiger partial charge is 0.460 e. The Morgan fingerprint density at radius 1 is 0.962 bits per heavy atom. The highest BCUT2D eigenvalue weighted by molar-refractivity contribution is 6.00. The normalized spacial score (nSPS) is 23.3. The minimum absolute atomic E-state index is 0.0138. The van der Waals surface area contributed by atoms with E-state index in [1.165, 1.54) is 6.42 Å². The summed E-state index contributed by atoms with van der Waals surface area (Å²) >= 11 is 0. The Bertz CT molecular complexity index is 1510. The van der Waals surface area contributed by atoms with E-state index in [1.807, 2.05) is 11.8 Å². The molecular formula is C40H58FN3O8. The van der Waals surface area contributed by atoms with E-state index in [-0.39, 0.29) is 41.9 Å². The highest BCUT2D eigenvalue weighted by Gasteiger charge is 2.47. The number of carbonyl (C=O) groups excluding carboxylic acids is 4. The Balaban J connectivity index is 1.23. The van der Waals surface area contributed by atoms with Crippen molar-refractivity contribution in [2.24, 2.45) is 23.7 Å². The number of likely N-dealkylation sites (tertiary alicyclic amines) is 1. The number of alkyl carbamates (subject to hydrolysis) is 1. The number of esters is 1. The second-order valence-corrected chi connectivity index (χ2v) is 15.7. The molecule has 0 bridgehead atoms. The average Bonchev–Trinajstić information content (AvgIpc) is 3.77. The Morgan fingerprint density at radius 2 is 1.69 bits per heavy atom. The van der Waals surface area contributed by atoms with Crippen LogP contribution < -0.4 is 10.6 Å². The van der Waals surface area contributed by atoms with Crippen molar-refractivity contribution in [1.82, 2.24) is 10.2 Å². The highest BCUT2D eigenvalue weighted by atomic mass is 19.1. The first kappa shape index (κ1) is 39.5. The number of fused-ring (bicyclic) bond motifs is 1. The van der Waals surface area contributed by atoms with Gasteiger partial charge >= 0.3 is 12.1 Å². The lowest BCUT2D eigenvalue weighted by molar-refractivity contribution is -0.142. The number of unbranched alkanes of at least 4 members (excludes halogenated alkanes) is 1. The summed E-state index contributed by atoms with van der Waals surface area (Å²) in [4.78, 5) is 55.2. The molecule has 0 spiro atoms. The SMILES string of the molecule is CCOCCCCOC(=O)c1cc2cc(NC(=O)[C@H]3[C@H](C4CCCCC4)CCN3C(=O)C3CCC([C@@H](CF)NC(=O)OC(C)(C)C)CC3)ccc2o1. The number of ether oxygens (including phenoxy) is 3. The predicted octanol–water partition coefficient (Wildman–Crippen LogP) is 7.81. The Morgan fingerprint density at radius 3 is 2.38 bits per heavy atom. The minimum atomic E-state index is -0.703. The predicted molar refractivity (Wildman–Crippen MR) is 196 cm³/mol. The summed E-state index contributed by atoms with van der Waals surface area (Å²) in [7, 11) is 0. The number of nitrogens with zero attached hydrogens (tertiary/aromatic N) is 1. The number of hydrogen-bond acceptors (Lipinski definition) is 8. The molecule has 1 aliphatic heterocycles. The fraction of sp³-hybridized carbons (Fsp3) is 0.700. The number of benzene rings is 1. The number of alkyl halides is 1. The van der Waals surface area contributed by atoms with E-state index in [0.717, 1.165) is 38.5 Å². The molecule has 11 nitrogen and oxygen atoms in total. The molecule has 2 aromatic rings. The van der Waals surface area contributed by atoms with Gasteiger partial charge in [-0.05, 0) is 115 Å².